The van der Waals surface area contributed by atoms with Gasteiger partial charge in [-0.15, -0.1) is 0 Å². The Morgan fingerprint density at radius 3 is 2.93 bits per heavy atom. The second-order valence-electron chi connectivity index (χ2n) is 3.05. The number of hydrogen-bond donors (Lipinski definition) is 3. The smallest absolute Gasteiger partial charge is 0.115 e. The Balaban J connectivity index is 2.31. The van der Waals surface area contributed by atoms with Crippen LogP contribution < -0.4 is 5.73 Å². The van der Waals surface area contributed by atoms with E-state index in [0.29, 0.717) is 6.54 Å². The Kier molecular flexibility index (Phi) is 2.69. The van der Waals surface area contributed by atoms with Crippen molar-refractivity contribution >= 4 is 15.9 Å². The molecule has 0 radical (unpaired) electrons. The zero-order chi connectivity index (χ0) is 9.97. The number of imidazole rings is 1. The van der Waals surface area contributed by atoms with Crippen LogP contribution in [0.2, 0.25) is 0 Å². The van der Waals surface area contributed by atoms with Gasteiger partial charge in [-0.05, 0) is 27.6 Å². The molecule has 0 bridgehead atoms. The predicted molar refractivity (Wildman–Crippen MR) is 58.0 cm³/mol. The molecule has 4 nitrogen and oxygen atoms in total. The van der Waals surface area contributed by atoms with Crippen molar-refractivity contribution in [2.24, 2.45) is 5.73 Å². The van der Waals surface area contributed by atoms with Crippen molar-refractivity contribution < 1.29 is 0 Å². The lowest BCUT2D eigenvalue weighted by atomic mass is 10.0. The fourth-order valence-electron chi connectivity index (χ4n) is 1.45. The molecular formula is C9H11BrN4. The molecule has 0 amide bonds. The Morgan fingerprint density at radius 1 is 1.57 bits per heavy atom. The molecule has 2 heterocycles. The van der Waals surface area contributed by atoms with Crippen LogP contribution in [0.25, 0.3) is 0 Å². The largest absolute Gasteiger partial charge is 0.367 e. The first kappa shape index (κ1) is 9.48. The Hall–Kier alpha value is -1.07. The van der Waals surface area contributed by atoms with Gasteiger partial charge in [-0.1, -0.05) is 0 Å². The van der Waals surface area contributed by atoms with Gasteiger partial charge in [-0.2, -0.15) is 0 Å². The highest BCUT2D eigenvalue weighted by atomic mass is 79.9. The molecule has 5 heteroatoms. The van der Waals surface area contributed by atoms with Gasteiger partial charge >= 0.3 is 0 Å². The average Bonchev–Trinajstić information content (AvgIpc) is 2.79. The van der Waals surface area contributed by atoms with Crippen molar-refractivity contribution in [1.29, 1.82) is 0 Å². The molecule has 1 unspecified atom stereocenters. The number of aromatic amines is 2. The molecule has 0 saturated carbocycles. The summed E-state index contributed by atoms with van der Waals surface area (Å²) in [5.74, 6) is 1.02. The van der Waals surface area contributed by atoms with E-state index in [1.807, 2.05) is 18.5 Å². The number of nitrogens with two attached hydrogens (primary N) is 1. The van der Waals surface area contributed by atoms with Crippen LogP contribution in [-0.4, -0.2) is 21.5 Å². The van der Waals surface area contributed by atoms with Crippen molar-refractivity contribution in [3.63, 3.8) is 0 Å². The maximum Gasteiger partial charge on any atom is 0.115 e. The molecule has 0 spiro atoms. The third kappa shape index (κ3) is 1.73. The number of rotatable bonds is 3. The summed E-state index contributed by atoms with van der Waals surface area (Å²) >= 11 is 3.33. The van der Waals surface area contributed by atoms with E-state index in [2.05, 4.69) is 30.9 Å². The van der Waals surface area contributed by atoms with Crippen LogP contribution in [-0.2, 0) is 0 Å². The number of aromatic nitrogens is 3. The molecule has 2 rings (SSSR count). The first-order valence-electron chi connectivity index (χ1n) is 4.34. The molecule has 1 atom stereocenters. The molecule has 2 aromatic rings. The van der Waals surface area contributed by atoms with E-state index in [0.717, 1.165) is 16.0 Å². The first-order valence-corrected chi connectivity index (χ1v) is 5.13. The van der Waals surface area contributed by atoms with Crippen LogP contribution in [0.15, 0.2) is 29.3 Å². The van der Waals surface area contributed by atoms with Crippen molar-refractivity contribution in [2.45, 2.75) is 5.92 Å². The minimum absolute atomic E-state index is 0.132. The second-order valence-corrected chi connectivity index (χ2v) is 3.90. The summed E-state index contributed by atoms with van der Waals surface area (Å²) in [5, 5.41) is 0. The molecule has 0 aliphatic carbocycles. The van der Waals surface area contributed by atoms with Crippen molar-refractivity contribution in [3.8, 4) is 0 Å². The third-order valence-electron chi connectivity index (χ3n) is 2.15. The SMILES string of the molecule is NCC(c1cc[nH]c1)c1ncc(Br)[nH]1. The Labute approximate surface area is 90.1 Å². The topological polar surface area (TPSA) is 70.5 Å². The molecule has 74 valence electrons. The normalized spacial score (nSPS) is 13.0. The van der Waals surface area contributed by atoms with Gasteiger partial charge in [0.1, 0.15) is 10.4 Å². The van der Waals surface area contributed by atoms with Crippen LogP contribution in [0.4, 0.5) is 0 Å². The quantitative estimate of drug-likeness (QED) is 0.779. The maximum absolute atomic E-state index is 5.72. The fraction of sp³-hybridized carbons (Fsp3) is 0.222. The van der Waals surface area contributed by atoms with Crippen LogP contribution >= 0.6 is 15.9 Å². The van der Waals surface area contributed by atoms with Gasteiger partial charge in [0.25, 0.3) is 0 Å². The Morgan fingerprint density at radius 2 is 2.43 bits per heavy atom. The van der Waals surface area contributed by atoms with Gasteiger partial charge in [0.15, 0.2) is 0 Å². The van der Waals surface area contributed by atoms with E-state index in [4.69, 9.17) is 5.73 Å². The molecule has 0 aromatic carbocycles. The minimum atomic E-state index is 0.132. The second kappa shape index (κ2) is 3.98. The van der Waals surface area contributed by atoms with E-state index in [9.17, 15) is 0 Å². The number of hydrogen-bond acceptors (Lipinski definition) is 2. The van der Waals surface area contributed by atoms with Gasteiger partial charge in [0.2, 0.25) is 0 Å². The number of nitrogens with zero attached hydrogens (tertiary/aromatic N) is 1. The van der Waals surface area contributed by atoms with Gasteiger partial charge in [-0.3, -0.25) is 0 Å². The predicted octanol–water partition coefficient (Wildman–Crippen LogP) is 1.59. The highest BCUT2D eigenvalue weighted by Gasteiger charge is 2.15. The van der Waals surface area contributed by atoms with Gasteiger partial charge in [0, 0.05) is 18.9 Å². The molecule has 2 aromatic heterocycles. The van der Waals surface area contributed by atoms with E-state index < -0.39 is 0 Å². The molecule has 14 heavy (non-hydrogen) atoms. The van der Waals surface area contributed by atoms with E-state index in [-0.39, 0.29) is 5.92 Å². The molecule has 0 saturated heterocycles. The summed E-state index contributed by atoms with van der Waals surface area (Å²) in [4.78, 5) is 10.4. The Bertz CT molecular complexity index is 393. The molecule has 4 N–H and O–H groups in total. The minimum Gasteiger partial charge on any atom is -0.367 e. The average molecular weight is 255 g/mol. The molecule has 0 fully saturated rings. The van der Waals surface area contributed by atoms with Crippen molar-refractivity contribution in [2.75, 3.05) is 6.54 Å². The maximum atomic E-state index is 5.72. The molecular weight excluding hydrogens is 244 g/mol. The summed E-state index contributed by atoms with van der Waals surface area (Å²) < 4.78 is 0.876. The van der Waals surface area contributed by atoms with E-state index in [1.54, 1.807) is 6.20 Å². The monoisotopic (exact) mass is 254 g/mol. The van der Waals surface area contributed by atoms with Gasteiger partial charge in [-0.25, -0.2) is 4.98 Å². The molecule has 0 aliphatic heterocycles. The highest BCUT2D eigenvalue weighted by Crippen LogP contribution is 2.21. The third-order valence-corrected chi connectivity index (χ3v) is 2.56. The fourth-order valence-corrected chi connectivity index (χ4v) is 1.75. The summed E-state index contributed by atoms with van der Waals surface area (Å²) in [7, 11) is 0. The van der Waals surface area contributed by atoms with Crippen LogP contribution in [0.1, 0.15) is 17.3 Å². The zero-order valence-corrected chi connectivity index (χ0v) is 9.08. The van der Waals surface area contributed by atoms with Crippen LogP contribution in [0, 0.1) is 0 Å². The summed E-state index contributed by atoms with van der Waals surface area (Å²) in [5.41, 5.74) is 6.86. The summed E-state index contributed by atoms with van der Waals surface area (Å²) in [6, 6.07) is 2.01. The lowest BCUT2D eigenvalue weighted by Crippen LogP contribution is -2.14. The number of nitrogens with one attached hydrogen (secondary N) is 2. The van der Waals surface area contributed by atoms with Gasteiger partial charge in [0.05, 0.1) is 12.1 Å². The van der Waals surface area contributed by atoms with Crippen LogP contribution in [0.3, 0.4) is 0 Å². The standard InChI is InChI=1S/C9H11BrN4/c10-8-5-13-9(14-8)7(3-11)6-1-2-12-4-6/h1-2,4-5,7,12H,3,11H2,(H,13,14). The highest BCUT2D eigenvalue weighted by molar-refractivity contribution is 9.10. The summed E-state index contributed by atoms with van der Waals surface area (Å²) in [6.07, 6.45) is 5.56. The van der Waals surface area contributed by atoms with Gasteiger partial charge < -0.3 is 15.7 Å². The van der Waals surface area contributed by atoms with Crippen molar-refractivity contribution in [1.82, 2.24) is 15.0 Å². The van der Waals surface area contributed by atoms with Crippen LogP contribution in [0.5, 0.6) is 0 Å². The molecule has 0 aliphatic rings. The number of halogens is 1. The number of H-pyrrole nitrogens is 2. The van der Waals surface area contributed by atoms with E-state index in [1.165, 1.54) is 0 Å². The van der Waals surface area contributed by atoms with Crippen molar-refractivity contribution in [3.05, 3.63) is 40.6 Å². The lowest BCUT2D eigenvalue weighted by Gasteiger charge is -2.09. The lowest BCUT2D eigenvalue weighted by molar-refractivity contribution is 0.765. The van der Waals surface area contributed by atoms with E-state index >= 15 is 0 Å². The zero-order valence-electron chi connectivity index (χ0n) is 7.50. The first-order chi connectivity index (χ1) is 6.81. The summed E-state index contributed by atoms with van der Waals surface area (Å²) in [6.45, 7) is 0.539.